The van der Waals surface area contributed by atoms with Gasteiger partial charge in [-0.3, -0.25) is 0 Å². The van der Waals surface area contributed by atoms with Crippen LogP contribution in [0.15, 0.2) is 23.7 Å². The highest BCUT2D eigenvalue weighted by Crippen LogP contribution is 2.26. The molecule has 1 N–H and O–H groups in total. The Morgan fingerprint density at radius 2 is 2.13 bits per heavy atom. The Morgan fingerprint density at radius 3 is 2.87 bits per heavy atom. The lowest BCUT2D eigenvalue weighted by Gasteiger charge is -2.19. The second-order valence-electron chi connectivity index (χ2n) is 4.91. The van der Waals surface area contributed by atoms with Crippen molar-refractivity contribution in [1.82, 2.24) is 4.98 Å². The highest BCUT2D eigenvalue weighted by molar-refractivity contribution is 7.17. The smallest absolute Gasteiger partial charge is 0.134 e. The molecular weight excluding hydrogens is 204 g/mol. The zero-order valence-corrected chi connectivity index (χ0v) is 10.2. The fraction of sp³-hybridized carbons (Fsp3) is 0.417. The fourth-order valence-electron chi connectivity index (χ4n) is 1.38. The SMILES string of the molecule is CC(C)(C)CNc1nccc2sccc12. The highest BCUT2D eigenvalue weighted by atomic mass is 32.1. The predicted octanol–water partition coefficient (Wildman–Crippen LogP) is 3.75. The van der Waals surface area contributed by atoms with Gasteiger partial charge in [-0.1, -0.05) is 20.8 Å². The molecule has 0 saturated carbocycles. The van der Waals surface area contributed by atoms with E-state index in [9.17, 15) is 0 Å². The number of thiophene rings is 1. The molecule has 80 valence electrons. The van der Waals surface area contributed by atoms with Crippen molar-refractivity contribution in [3.63, 3.8) is 0 Å². The molecule has 2 aromatic heterocycles. The average Bonchev–Trinajstić information content (AvgIpc) is 2.61. The molecule has 0 unspecified atom stereocenters. The summed E-state index contributed by atoms with van der Waals surface area (Å²) < 4.78 is 1.29. The van der Waals surface area contributed by atoms with Crippen LogP contribution in [0.3, 0.4) is 0 Å². The van der Waals surface area contributed by atoms with Gasteiger partial charge in [0, 0.05) is 22.8 Å². The number of hydrogen-bond donors (Lipinski definition) is 1. The summed E-state index contributed by atoms with van der Waals surface area (Å²) in [5.41, 5.74) is 0.278. The Morgan fingerprint density at radius 1 is 1.33 bits per heavy atom. The van der Waals surface area contributed by atoms with E-state index in [1.54, 1.807) is 11.3 Å². The van der Waals surface area contributed by atoms with Gasteiger partial charge in [-0.05, 0) is 22.9 Å². The van der Waals surface area contributed by atoms with Crippen LogP contribution < -0.4 is 5.32 Å². The summed E-state index contributed by atoms with van der Waals surface area (Å²) in [7, 11) is 0. The summed E-state index contributed by atoms with van der Waals surface area (Å²) in [6.45, 7) is 7.59. The van der Waals surface area contributed by atoms with Gasteiger partial charge in [0.05, 0.1) is 0 Å². The Kier molecular flexibility index (Phi) is 2.65. The van der Waals surface area contributed by atoms with Crippen LogP contribution in [0.4, 0.5) is 5.82 Å². The Labute approximate surface area is 94.3 Å². The molecule has 2 nitrogen and oxygen atoms in total. The van der Waals surface area contributed by atoms with E-state index in [0.717, 1.165) is 12.4 Å². The Hall–Kier alpha value is -1.09. The molecule has 0 aliphatic carbocycles. The molecule has 2 aromatic rings. The van der Waals surface area contributed by atoms with Gasteiger partial charge >= 0.3 is 0 Å². The second-order valence-corrected chi connectivity index (χ2v) is 5.85. The molecule has 0 radical (unpaired) electrons. The molecule has 3 heteroatoms. The van der Waals surface area contributed by atoms with Crippen LogP contribution in [0, 0.1) is 5.41 Å². The maximum atomic E-state index is 4.38. The third kappa shape index (κ3) is 2.48. The first kappa shape index (κ1) is 10.4. The van der Waals surface area contributed by atoms with Crippen LogP contribution in [0.25, 0.3) is 10.1 Å². The fourth-order valence-corrected chi connectivity index (χ4v) is 2.17. The topological polar surface area (TPSA) is 24.9 Å². The standard InChI is InChI=1S/C12H16N2S/c1-12(2,3)8-14-11-9-5-7-15-10(9)4-6-13-11/h4-7H,8H2,1-3H3,(H,13,14). The number of nitrogens with zero attached hydrogens (tertiary/aromatic N) is 1. The zero-order valence-electron chi connectivity index (χ0n) is 9.37. The minimum atomic E-state index is 0.278. The molecule has 0 fully saturated rings. The van der Waals surface area contributed by atoms with Gasteiger partial charge in [-0.15, -0.1) is 11.3 Å². The van der Waals surface area contributed by atoms with Crippen LogP contribution in [0.2, 0.25) is 0 Å². The van der Waals surface area contributed by atoms with Crippen molar-refractivity contribution in [2.45, 2.75) is 20.8 Å². The molecule has 0 aliphatic rings. The summed E-state index contributed by atoms with van der Waals surface area (Å²) in [5.74, 6) is 1.00. The first-order valence-corrected chi connectivity index (χ1v) is 6.00. The first-order chi connectivity index (χ1) is 7.06. The zero-order chi connectivity index (χ0) is 10.9. The van der Waals surface area contributed by atoms with Gasteiger partial charge in [0.15, 0.2) is 0 Å². The minimum Gasteiger partial charge on any atom is -0.369 e. The van der Waals surface area contributed by atoms with Crippen LogP contribution in [0.5, 0.6) is 0 Å². The van der Waals surface area contributed by atoms with E-state index < -0.39 is 0 Å². The summed E-state index contributed by atoms with van der Waals surface area (Å²) in [6.07, 6.45) is 1.86. The largest absolute Gasteiger partial charge is 0.369 e. The molecule has 0 amide bonds. The van der Waals surface area contributed by atoms with E-state index in [-0.39, 0.29) is 5.41 Å². The van der Waals surface area contributed by atoms with E-state index in [0.29, 0.717) is 0 Å². The quantitative estimate of drug-likeness (QED) is 0.833. The maximum absolute atomic E-state index is 4.38. The summed E-state index contributed by atoms with van der Waals surface area (Å²) >= 11 is 1.75. The number of anilines is 1. The number of pyridine rings is 1. The third-order valence-electron chi connectivity index (χ3n) is 2.17. The first-order valence-electron chi connectivity index (χ1n) is 5.12. The van der Waals surface area contributed by atoms with Gasteiger partial charge < -0.3 is 5.32 Å². The average molecular weight is 220 g/mol. The van der Waals surface area contributed by atoms with Gasteiger partial charge in [-0.25, -0.2) is 4.98 Å². The molecular formula is C12H16N2S. The molecule has 0 aliphatic heterocycles. The van der Waals surface area contributed by atoms with Crippen molar-refractivity contribution in [3.05, 3.63) is 23.7 Å². The third-order valence-corrected chi connectivity index (χ3v) is 3.05. The molecule has 0 spiro atoms. The van der Waals surface area contributed by atoms with E-state index in [4.69, 9.17) is 0 Å². The number of nitrogens with one attached hydrogen (secondary N) is 1. The molecule has 15 heavy (non-hydrogen) atoms. The van der Waals surface area contributed by atoms with E-state index in [1.165, 1.54) is 10.1 Å². The molecule has 2 rings (SSSR count). The van der Waals surface area contributed by atoms with Gasteiger partial charge in [0.25, 0.3) is 0 Å². The van der Waals surface area contributed by atoms with Crippen LogP contribution in [-0.4, -0.2) is 11.5 Å². The number of hydrogen-bond acceptors (Lipinski definition) is 3. The minimum absolute atomic E-state index is 0.278. The number of aromatic nitrogens is 1. The monoisotopic (exact) mass is 220 g/mol. The number of rotatable bonds is 2. The molecule has 0 atom stereocenters. The maximum Gasteiger partial charge on any atom is 0.134 e. The van der Waals surface area contributed by atoms with E-state index in [2.05, 4.69) is 48.6 Å². The molecule has 0 saturated heterocycles. The number of fused-ring (bicyclic) bond motifs is 1. The van der Waals surface area contributed by atoms with Gasteiger partial charge in [0.1, 0.15) is 5.82 Å². The van der Waals surface area contributed by atoms with Crippen molar-refractivity contribution >= 4 is 27.2 Å². The lowest BCUT2D eigenvalue weighted by molar-refractivity contribution is 0.442. The van der Waals surface area contributed by atoms with Crippen LogP contribution >= 0.6 is 11.3 Å². The van der Waals surface area contributed by atoms with Gasteiger partial charge in [-0.2, -0.15) is 0 Å². The van der Waals surface area contributed by atoms with Crippen molar-refractivity contribution in [1.29, 1.82) is 0 Å². The van der Waals surface area contributed by atoms with Crippen molar-refractivity contribution in [3.8, 4) is 0 Å². The Bertz CT molecular complexity index is 454. The predicted molar refractivity (Wildman–Crippen MR) is 67.6 cm³/mol. The van der Waals surface area contributed by atoms with Crippen LogP contribution in [0.1, 0.15) is 20.8 Å². The summed E-state index contributed by atoms with van der Waals surface area (Å²) in [4.78, 5) is 4.38. The second kappa shape index (κ2) is 3.81. The molecule has 0 bridgehead atoms. The summed E-state index contributed by atoms with van der Waals surface area (Å²) in [6, 6.07) is 4.18. The molecule has 2 heterocycles. The van der Waals surface area contributed by atoms with E-state index >= 15 is 0 Å². The lowest BCUT2D eigenvalue weighted by Crippen LogP contribution is -2.19. The van der Waals surface area contributed by atoms with Crippen molar-refractivity contribution < 1.29 is 0 Å². The van der Waals surface area contributed by atoms with E-state index in [1.807, 2.05) is 6.20 Å². The normalized spacial score (nSPS) is 11.9. The summed E-state index contributed by atoms with van der Waals surface area (Å²) in [5, 5.41) is 6.74. The molecule has 0 aromatic carbocycles. The van der Waals surface area contributed by atoms with Gasteiger partial charge in [0.2, 0.25) is 0 Å². The van der Waals surface area contributed by atoms with Crippen LogP contribution in [-0.2, 0) is 0 Å². The van der Waals surface area contributed by atoms with Crippen molar-refractivity contribution in [2.24, 2.45) is 5.41 Å². The Balaban J connectivity index is 2.24. The lowest BCUT2D eigenvalue weighted by atomic mass is 9.97. The highest BCUT2D eigenvalue weighted by Gasteiger charge is 2.11. The van der Waals surface area contributed by atoms with Crippen molar-refractivity contribution in [2.75, 3.05) is 11.9 Å².